The van der Waals surface area contributed by atoms with E-state index in [2.05, 4.69) is 20.9 Å². The summed E-state index contributed by atoms with van der Waals surface area (Å²) in [7, 11) is 0. The van der Waals surface area contributed by atoms with Gasteiger partial charge in [0.1, 0.15) is 0 Å². The molecule has 1 saturated carbocycles. The summed E-state index contributed by atoms with van der Waals surface area (Å²) >= 11 is 0. The second-order valence-corrected chi connectivity index (χ2v) is 13.9. The molecule has 2 aromatic rings. The van der Waals surface area contributed by atoms with Crippen LogP contribution >= 0.6 is 0 Å². The summed E-state index contributed by atoms with van der Waals surface area (Å²) in [6.07, 6.45) is 6.53. The summed E-state index contributed by atoms with van der Waals surface area (Å²) in [6, 6.07) is 16.0. The van der Waals surface area contributed by atoms with E-state index < -0.39 is 6.29 Å². The Hall–Kier alpha value is -2.98. The highest BCUT2D eigenvalue weighted by atomic mass is 16.7. The Balaban J connectivity index is 1.38. The average Bonchev–Trinajstić information content (AvgIpc) is 3.03. The van der Waals surface area contributed by atoms with Gasteiger partial charge in [0.15, 0.2) is 6.29 Å². The molecule has 2 aromatic carbocycles. The van der Waals surface area contributed by atoms with Crippen LogP contribution in [0.2, 0.25) is 0 Å². The summed E-state index contributed by atoms with van der Waals surface area (Å²) < 4.78 is 13.3. The summed E-state index contributed by atoms with van der Waals surface area (Å²) in [4.78, 5) is 28.0. The molecule has 2 saturated heterocycles. The zero-order valence-electron chi connectivity index (χ0n) is 27.4. The van der Waals surface area contributed by atoms with Gasteiger partial charge in [-0.15, -0.1) is 0 Å². The van der Waals surface area contributed by atoms with Crippen molar-refractivity contribution in [1.82, 2.24) is 20.9 Å². The molecule has 0 unspecified atom stereocenters. The fraction of sp³-hybridized carbons (Fsp3) is 0.611. The van der Waals surface area contributed by atoms with E-state index in [1.165, 1.54) is 19.3 Å². The fourth-order valence-corrected chi connectivity index (χ4v) is 7.19. The lowest BCUT2D eigenvalue weighted by molar-refractivity contribution is -0.255. The van der Waals surface area contributed by atoms with Crippen molar-refractivity contribution in [3.05, 3.63) is 70.8 Å². The number of hydrogen-bond acceptors (Lipinski definition) is 6. The predicted molar refractivity (Wildman–Crippen MR) is 174 cm³/mol. The number of nitrogens with one attached hydrogen (secondary N) is 3. The minimum absolute atomic E-state index is 0.00297. The third kappa shape index (κ3) is 8.85. The van der Waals surface area contributed by atoms with Crippen LogP contribution in [0.15, 0.2) is 48.5 Å². The fourth-order valence-electron chi connectivity index (χ4n) is 7.19. The maximum absolute atomic E-state index is 13.7. The van der Waals surface area contributed by atoms with Crippen molar-refractivity contribution < 1.29 is 24.2 Å². The second-order valence-electron chi connectivity index (χ2n) is 13.9. The third-order valence-electron chi connectivity index (χ3n) is 9.38. The van der Waals surface area contributed by atoms with Gasteiger partial charge in [0.05, 0.1) is 24.9 Å². The Bertz CT molecular complexity index is 1260. The van der Waals surface area contributed by atoms with Crippen LogP contribution in [0.25, 0.3) is 0 Å². The van der Waals surface area contributed by atoms with Crippen molar-refractivity contribution in [2.75, 3.05) is 13.1 Å². The first-order valence-corrected chi connectivity index (χ1v) is 16.8. The van der Waals surface area contributed by atoms with Gasteiger partial charge in [-0.1, -0.05) is 61.4 Å². The number of likely N-dealkylation sites (tertiary alicyclic amines) is 1. The summed E-state index contributed by atoms with van der Waals surface area (Å²) in [5.41, 5.74) is 3.51. The quantitative estimate of drug-likeness (QED) is 0.295. The first kappa shape index (κ1) is 33.4. The molecule has 0 aromatic heterocycles. The summed E-state index contributed by atoms with van der Waals surface area (Å²) in [5.74, 6) is 0.735. The third-order valence-corrected chi connectivity index (χ3v) is 9.38. The minimum atomic E-state index is -0.578. The standard InChI is InChI=1S/C36H52N4O5/c1-5-37-35(43)38-21-24-10-16-28(17-11-24)34-44-29(20-32(45-34)27-14-12-25(23-41)13-15-27)22-40-30-9-7-6-8-26(30)18-19-31(40)33(42)39-36(2,3)4/h10-17,26,29-32,34,41H,5-9,18-23H2,1-4H3,(H,39,42)(H2,37,38,43)/t26-,29-,30-,31-,32+,34+/m1/s1. The van der Waals surface area contributed by atoms with Gasteiger partial charge < -0.3 is 30.5 Å². The van der Waals surface area contributed by atoms with Crippen molar-refractivity contribution >= 4 is 11.9 Å². The molecule has 0 radical (unpaired) electrons. The van der Waals surface area contributed by atoms with E-state index in [1.807, 2.05) is 76.2 Å². The van der Waals surface area contributed by atoms with E-state index in [-0.39, 0.29) is 42.3 Å². The molecule has 246 valence electrons. The smallest absolute Gasteiger partial charge is 0.315 e. The first-order valence-electron chi connectivity index (χ1n) is 16.8. The SMILES string of the molecule is CCNC(=O)NCc1ccc([C@H]2O[C@@H](CN3[C@@H](C(=O)NC(C)(C)C)CC[C@H]4CCCC[C@H]43)C[C@@H](c3ccc(CO)cc3)O2)cc1. The molecular weight excluding hydrogens is 568 g/mol. The molecule has 1 aliphatic carbocycles. The second kappa shape index (κ2) is 15.1. The Kier molecular flexibility index (Phi) is 11.2. The maximum Gasteiger partial charge on any atom is 0.315 e. The van der Waals surface area contributed by atoms with Crippen LogP contribution in [0, 0.1) is 5.92 Å². The highest BCUT2D eigenvalue weighted by molar-refractivity contribution is 5.82. The number of piperidine rings is 1. The van der Waals surface area contributed by atoms with E-state index in [9.17, 15) is 14.7 Å². The normalized spacial score (nSPS) is 27.3. The molecule has 2 heterocycles. The number of ether oxygens (including phenoxy) is 2. The molecule has 4 N–H and O–H groups in total. The molecule has 0 spiro atoms. The van der Waals surface area contributed by atoms with Crippen LogP contribution in [-0.2, 0) is 27.4 Å². The van der Waals surface area contributed by atoms with Crippen molar-refractivity contribution in [2.24, 2.45) is 5.92 Å². The molecule has 9 nitrogen and oxygen atoms in total. The molecular formula is C36H52N4O5. The number of amides is 3. The van der Waals surface area contributed by atoms with E-state index in [4.69, 9.17) is 9.47 Å². The molecule has 45 heavy (non-hydrogen) atoms. The van der Waals surface area contributed by atoms with Crippen LogP contribution in [0.3, 0.4) is 0 Å². The molecule has 3 aliphatic rings. The van der Waals surface area contributed by atoms with Crippen LogP contribution in [0.5, 0.6) is 0 Å². The lowest BCUT2D eigenvalue weighted by atomic mass is 9.75. The zero-order valence-corrected chi connectivity index (χ0v) is 27.4. The maximum atomic E-state index is 13.7. The topological polar surface area (TPSA) is 112 Å². The number of fused-ring (bicyclic) bond motifs is 1. The van der Waals surface area contributed by atoms with Crippen molar-refractivity contribution in [3.63, 3.8) is 0 Å². The molecule has 9 heteroatoms. The highest BCUT2D eigenvalue weighted by Gasteiger charge is 2.44. The molecule has 5 rings (SSSR count). The molecule has 3 fully saturated rings. The number of rotatable bonds is 9. The Morgan fingerprint density at radius 3 is 2.27 bits per heavy atom. The average molecular weight is 621 g/mol. The van der Waals surface area contributed by atoms with E-state index in [0.29, 0.717) is 38.0 Å². The van der Waals surface area contributed by atoms with Crippen molar-refractivity contribution in [2.45, 2.75) is 122 Å². The Labute approximate surface area is 268 Å². The van der Waals surface area contributed by atoms with Crippen LogP contribution in [0.1, 0.15) is 107 Å². The number of carbonyl (C=O) groups excluding carboxylic acids is 2. The summed E-state index contributed by atoms with van der Waals surface area (Å²) in [5, 5.41) is 18.5. The predicted octanol–water partition coefficient (Wildman–Crippen LogP) is 5.48. The number of nitrogens with zero attached hydrogens (tertiary/aromatic N) is 1. The van der Waals surface area contributed by atoms with Gasteiger partial charge in [-0.05, 0) is 76.0 Å². The van der Waals surface area contributed by atoms with Crippen molar-refractivity contribution in [3.8, 4) is 0 Å². The number of carbonyl (C=O) groups is 2. The molecule has 3 amide bonds. The number of benzene rings is 2. The largest absolute Gasteiger partial charge is 0.392 e. The minimum Gasteiger partial charge on any atom is -0.392 e. The Morgan fingerprint density at radius 1 is 0.889 bits per heavy atom. The number of urea groups is 1. The highest BCUT2D eigenvalue weighted by Crippen LogP contribution is 2.42. The van der Waals surface area contributed by atoms with Gasteiger partial charge >= 0.3 is 6.03 Å². The van der Waals surface area contributed by atoms with E-state index in [0.717, 1.165) is 41.5 Å². The first-order chi connectivity index (χ1) is 21.6. The molecule has 0 bridgehead atoms. The van der Waals surface area contributed by atoms with Gasteiger partial charge in [0.2, 0.25) is 5.91 Å². The monoisotopic (exact) mass is 620 g/mol. The lowest BCUT2D eigenvalue weighted by Crippen LogP contribution is -2.61. The van der Waals surface area contributed by atoms with Crippen LogP contribution in [-0.4, -0.2) is 58.8 Å². The molecule has 2 aliphatic heterocycles. The van der Waals surface area contributed by atoms with E-state index in [1.54, 1.807) is 0 Å². The summed E-state index contributed by atoms with van der Waals surface area (Å²) in [6.45, 7) is 9.69. The van der Waals surface area contributed by atoms with Crippen LogP contribution < -0.4 is 16.0 Å². The van der Waals surface area contributed by atoms with Gasteiger partial charge in [-0.2, -0.15) is 0 Å². The lowest BCUT2D eigenvalue weighted by Gasteiger charge is -2.50. The van der Waals surface area contributed by atoms with Crippen molar-refractivity contribution in [1.29, 1.82) is 0 Å². The number of aliphatic hydroxyl groups excluding tert-OH is 1. The van der Waals surface area contributed by atoms with Gasteiger partial charge in [0.25, 0.3) is 0 Å². The number of aliphatic hydroxyl groups is 1. The van der Waals surface area contributed by atoms with Gasteiger partial charge in [0, 0.05) is 43.2 Å². The van der Waals surface area contributed by atoms with Gasteiger partial charge in [-0.25, -0.2) is 4.79 Å². The van der Waals surface area contributed by atoms with E-state index >= 15 is 0 Å². The molecule has 6 atom stereocenters. The zero-order chi connectivity index (χ0) is 32.0. The Morgan fingerprint density at radius 2 is 1.58 bits per heavy atom. The number of hydrogen-bond donors (Lipinski definition) is 4. The van der Waals surface area contributed by atoms with Gasteiger partial charge in [-0.3, -0.25) is 9.69 Å². The van der Waals surface area contributed by atoms with Crippen LogP contribution in [0.4, 0.5) is 4.79 Å².